The van der Waals surface area contributed by atoms with Gasteiger partial charge in [-0.3, -0.25) is 9.59 Å². The zero-order valence-electron chi connectivity index (χ0n) is 18.6. The standard InChI is InChI=1S/C24H29F3N4O2/c1-15(32)31-12-10-16(11-13-31)23(33)29-18-8-6-17(7-9-18)28-21-14-22(24(25,26)27)30-20-5-3-2-4-19(20)21/h2-5,14,16-18H,6-13H2,1H3,(H,28,30)(H,29,33)/t17-,18+. The van der Waals surface area contributed by atoms with Gasteiger partial charge in [-0.1, -0.05) is 18.2 Å². The van der Waals surface area contributed by atoms with E-state index in [1.165, 1.54) is 0 Å². The number of pyridine rings is 1. The second kappa shape index (κ2) is 9.57. The number of hydrogen-bond acceptors (Lipinski definition) is 4. The molecule has 0 radical (unpaired) electrons. The lowest BCUT2D eigenvalue weighted by Crippen LogP contribution is -2.46. The van der Waals surface area contributed by atoms with Crippen LogP contribution in [0.5, 0.6) is 0 Å². The molecule has 1 aromatic heterocycles. The molecule has 2 fully saturated rings. The number of aromatic nitrogens is 1. The second-order valence-electron chi connectivity index (χ2n) is 9.05. The Morgan fingerprint density at radius 2 is 1.64 bits per heavy atom. The quantitative estimate of drug-likeness (QED) is 0.709. The summed E-state index contributed by atoms with van der Waals surface area (Å²) in [6.45, 7) is 2.78. The van der Waals surface area contributed by atoms with E-state index >= 15 is 0 Å². The van der Waals surface area contributed by atoms with E-state index in [0.29, 0.717) is 42.5 Å². The van der Waals surface area contributed by atoms with E-state index in [9.17, 15) is 22.8 Å². The molecule has 0 unspecified atom stereocenters. The fourth-order valence-electron chi connectivity index (χ4n) is 4.82. The van der Waals surface area contributed by atoms with Crippen molar-refractivity contribution in [3.8, 4) is 0 Å². The summed E-state index contributed by atoms with van der Waals surface area (Å²) in [5, 5.41) is 7.11. The van der Waals surface area contributed by atoms with Crippen LogP contribution in [-0.4, -0.2) is 46.9 Å². The normalized spacial score (nSPS) is 22.2. The molecule has 2 aromatic rings. The molecule has 2 N–H and O–H groups in total. The van der Waals surface area contributed by atoms with Crippen LogP contribution in [0.1, 0.15) is 51.1 Å². The minimum Gasteiger partial charge on any atom is -0.382 e. The third kappa shape index (κ3) is 5.57. The Kier molecular flexibility index (Phi) is 6.76. The van der Waals surface area contributed by atoms with Crippen LogP contribution in [0.3, 0.4) is 0 Å². The van der Waals surface area contributed by atoms with Gasteiger partial charge in [0.05, 0.1) is 5.52 Å². The molecule has 4 rings (SSSR count). The van der Waals surface area contributed by atoms with Gasteiger partial charge in [-0.25, -0.2) is 4.98 Å². The van der Waals surface area contributed by atoms with E-state index < -0.39 is 11.9 Å². The zero-order chi connectivity index (χ0) is 23.6. The van der Waals surface area contributed by atoms with Crippen molar-refractivity contribution in [1.82, 2.24) is 15.2 Å². The summed E-state index contributed by atoms with van der Waals surface area (Å²) in [6, 6.07) is 8.01. The number of halogens is 3. The first kappa shape index (κ1) is 23.3. The van der Waals surface area contributed by atoms with Gasteiger partial charge in [0.2, 0.25) is 11.8 Å². The number of amides is 2. The van der Waals surface area contributed by atoms with Crippen LogP contribution in [-0.2, 0) is 15.8 Å². The van der Waals surface area contributed by atoms with Crippen LogP contribution in [0.25, 0.3) is 10.9 Å². The molecule has 0 bridgehead atoms. The van der Waals surface area contributed by atoms with E-state index in [1.807, 2.05) is 0 Å². The number of hydrogen-bond donors (Lipinski definition) is 2. The van der Waals surface area contributed by atoms with Crippen LogP contribution < -0.4 is 10.6 Å². The predicted molar refractivity (Wildman–Crippen MR) is 120 cm³/mol. The van der Waals surface area contributed by atoms with Crippen molar-refractivity contribution in [2.24, 2.45) is 5.92 Å². The number of nitrogens with zero attached hydrogens (tertiary/aromatic N) is 2. The van der Waals surface area contributed by atoms with Gasteiger partial charge in [0.1, 0.15) is 5.69 Å². The summed E-state index contributed by atoms with van der Waals surface area (Å²) in [5.41, 5.74) is -0.148. The Morgan fingerprint density at radius 3 is 2.27 bits per heavy atom. The number of fused-ring (bicyclic) bond motifs is 1. The first-order chi connectivity index (χ1) is 15.7. The van der Waals surface area contributed by atoms with Gasteiger partial charge in [0, 0.05) is 49.1 Å². The van der Waals surface area contributed by atoms with Crippen LogP contribution in [0.4, 0.5) is 18.9 Å². The zero-order valence-corrected chi connectivity index (χ0v) is 18.6. The SMILES string of the molecule is CC(=O)N1CCC(C(=O)N[C@H]2CC[C@@H](Nc3cc(C(F)(F)F)nc4ccccc34)CC2)CC1. The molecule has 33 heavy (non-hydrogen) atoms. The minimum atomic E-state index is -4.51. The Balaban J connectivity index is 1.33. The maximum Gasteiger partial charge on any atom is 0.433 e. The number of alkyl halides is 3. The molecular formula is C24H29F3N4O2. The molecule has 1 aliphatic carbocycles. The monoisotopic (exact) mass is 462 g/mol. The lowest BCUT2D eigenvalue weighted by Gasteiger charge is -2.34. The number of carbonyl (C=O) groups is 2. The number of anilines is 1. The highest BCUT2D eigenvalue weighted by Crippen LogP contribution is 2.34. The maximum absolute atomic E-state index is 13.3. The number of rotatable bonds is 4. The van der Waals surface area contributed by atoms with Gasteiger partial charge in [0.15, 0.2) is 0 Å². The van der Waals surface area contributed by atoms with Crippen molar-refractivity contribution in [2.75, 3.05) is 18.4 Å². The number of nitrogens with one attached hydrogen (secondary N) is 2. The molecule has 6 nitrogen and oxygen atoms in total. The average Bonchev–Trinajstić information content (AvgIpc) is 2.79. The van der Waals surface area contributed by atoms with Crippen LogP contribution >= 0.6 is 0 Å². The van der Waals surface area contributed by atoms with Gasteiger partial charge >= 0.3 is 6.18 Å². The number of likely N-dealkylation sites (tertiary alicyclic amines) is 1. The molecular weight excluding hydrogens is 433 g/mol. The van der Waals surface area contributed by atoms with Crippen LogP contribution in [0.2, 0.25) is 0 Å². The molecule has 0 spiro atoms. The first-order valence-corrected chi connectivity index (χ1v) is 11.5. The second-order valence-corrected chi connectivity index (χ2v) is 9.05. The van der Waals surface area contributed by atoms with E-state index in [4.69, 9.17) is 0 Å². The summed E-state index contributed by atoms with van der Waals surface area (Å²) < 4.78 is 39.9. The predicted octanol–water partition coefficient (Wildman–Crippen LogP) is 4.35. The molecule has 2 heterocycles. The Bertz CT molecular complexity index is 1010. The van der Waals surface area contributed by atoms with Crippen molar-refractivity contribution in [3.05, 3.63) is 36.0 Å². The van der Waals surface area contributed by atoms with Crippen molar-refractivity contribution in [3.63, 3.8) is 0 Å². The topological polar surface area (TPSA) is 74.3 Å². The van der Waals surface area contributed by atoms with E-state index in [2.05, 4.69) is 15.6 Å². The third-order valence-corrected chi connectivity index (χ3v) is 6.75. The number of carbonyl (C=O) groups excluding carboxylic acids is 2. The third-order valence-electron chi connectivity index (χ3n) is 6.75. The van der Waals surface area contributed by atoms with Crippen molar-refractivity contribution in [1.29, 1.82) is 0 Å². The Morgan fingerprint density at radius 1 is 1.00 bits per heavy atom. The fraction of sp³-hybridized carbons (Fsp3) is 0.542. The largest absolute Gasteiger partial charge is 0.433 e. The molecule has 1 aliphatic heterocycles. The van der Waals surface area contributed by atoms with Crippen molar-refractivity contribution < 1.29 is 22.8 Å². The fourth-order valence-corrected chi connectivity index (χ4v) is 4.82. The number of piperidine rings is 1. The number of para-hydroxylation sites is 1. The Labute approximate surface area is 190 Å². The van der Waals surface area contributed by atoms with Gasteiger partial charge in [-0.05, 0) is 50.7 Å². The summed E-state index contributed by atoms with van der Waals surface area (Å²) >= 11 is 0. The van der Waals surface area contributed by atoms with Crippen molar-refractivity contribution in [2.45, 2.75) is 63.7 Å². The molecule has 0 atom stereocenters. The van der Waals surface area contributed by atoms with Crippen LogP contribution in [0.15, 0.2) is 30.3 Å². The van der Waals surface area contributed by atoms with Gasteiger partial charge in [-0.15, -0.1) is 0 Å². The van der Waals surface area contributed by atoms with E-state index in [0.717, 1.165) is 31.7 Å². The van der Waals surface area contributed by atoms with Gasteiger partial charge in [0.25, 0.3) is 0 Å². The lowest BCUT2D eigenvalue weighted by molar-refractivity contribution is -0.141. The van der Waals surface area contributed by atoms with Gasteiger partial charge < -0.3 is 15.5 Å². The summed E-state index contributed by atoms with van der Waals surface area (Å²) in [7, 11) is 0. The molecule has 178 valence electrons. The highest BCUT2D eigenvalue weighted by molar-refractivity contribution is 5.91. The molecule has 2 amide bonds. The maximum atomic E-state index is 13.3. The molecule has 1 aromatic carbocycles. The number of benzene rings is 1. The molecule has 9 heteroatoms. The summed E-state index contributed by atoms with van der Waals surface area (Å²) in [4.78, 5) is 29.6. The molecule has 2 aliphatic rings. The van der Waals surface area contributed by atoms with Crippen molar-refractivity contribution >= 4 is 28.4 Å². The summed E-state index contributed by atoms with van der Waals surface area (Å²) in [6.07, 6.45) is -0.103. The summed E-state index contributed by atoms with van der Waals surface area (Å²) in [5.74, 6) is 0.0222. The Hall–Kier alpha value is -2.84. The smallest absolute Gasteiger partial charge is 0.382 e. The lowest BCUT2D eigenvalue weighted by atomic mass is 9.89. The van der Waals surface area contributed by atoms with Crippen LogP contribution in [0, 0.1) is 5.92 Å². The highest BCUT2D eigenvalue weighted by atomic mass is 19.4. The molecule has 1 saturated carbocycles. The minimum absolute atomic E-state index is 0.0313. The van der Waals surface area contributed by atoms with E-state index in [1.54, 1.807) is 36.1 Å². The highest BCUT2D eigenvalue weighted by Gasteiger charge is 2.34. The van der Waals surface area contributed by atoms with E-state index in [-0.39, 0.29) is 29.8 Å². The first-order valence-electron chi connectivity index (χ1n) is 11.5. The average molecular weight is 463 g/mol. The molecule has 1 saturated heterocycles. The van der Waals surface area contributed by atoms with Gasteiger partial charge in [-0.2, -0.15) is 13.2 Å².